The monoisotopic (exact) mass is 284 g/mol. The van der Waals surface area contributed by atoms with E-state index >= 15 is 0 Å². The molecule has 2 aromatic rings. The number of hydrogen-bond acceptors (Lipinski definition) is 2. The van der Waals surface area contributed by atoms with E-state index in [1.54, 1.807) is 6.08 Å². The van der Waals surface area contributed by atoms with Crippen molar-refractivity contribution in [2.75, 3.05) is 11.9 Å². The number of benzene rings is 2. The van der Waals surface area contributed by atoms with E-state index in [0.717, 1.165) is 17.2 Å². The Hall–Kier alpha value is -2.33. The van der Waals surface area contributed by atoms with Gasteiger partial charge in [-0.2, -0.15) is 0 Å². The molecule has 0 heterocycles. The molecule has 0 saturated heterocycles. The number of nitrogens with one attached hydrogen (secondary N) is 2. The Kier molecular flexibility index (Phi) is 5.15. The second-order valence-corrected chi connectivity index (χ2v) is 4.47. The number of ether oxygens (including phenoxy) is 1. The molecule has 0 amide bonds. The molecule has 0 atom stereocenters. The summed E-state index contributed by atoms with van der Waals surface area (Å²) in [6, 6.07) is 17.3. The van der Waals surface area contributed by atoms with Crippen molar-refractivity contribution in [3.05, 3.63) is 67.3 Å². The Morgan fingerprint density at radius 2 is 1.85 bits per heavy atom. The molecule has 0 fully saturated rings. The van der Waals surface area contributed by atoms with E-state index in [1.807, 2.05) is 54.6 Å². The van der Waals surface area contributed by atoms with E-state index in [-0.39, 0.29) is 0 Å². The van der Waals surface area contributed by atoms with E-state index in [4.69, 9.17) is 17.0 Å². The first-order valence-electron chi connectivity index (χ1n) is 6.26. The minimum absolute atomic E-state index is 0.557. The lowest BCUT2D eigenvalue weighted by atomic mass is 10.3. The summed E-state index contributed by atoms with van der Waals surface area (Å²) in [7, 11) is 0. The zero-order valence-electron chi connectivity index (χ0n) is 11.0. The highest BCUT2D eigenvalue weighted by Gasteiger charge is 2.00. The van der Waals surface area contributed by atoms with Crippen LogP contribution in [0.5, 0.6) is 11.5 Å². The standard InChI is InChI=1S/C16H16N2OS/c1-2-11-17-16(20)18-13-7-6-10-15(12-13)19-14-8-4-3-5-9-14/h2-10,12H,1,11H2,(H2,17,18,20). The van der Waals surface area contributed by atoms with Gasteiger partial charge in [-0.05, 0) is 36.5 Å². The molecule has 0 saturated carbocycles. The van der Waals surface area contributed by atoms with Crippen LogP contribution in [0.25, 0.3) is 0 Å². The average molecular weight is 284 g/mol. The van der Waals surface area contributed by atoms with Gasteiger partial charge >= 0.3 is 0 Å². The highest BCUT2D eigenvalue weighted by molar-refractivity contribution is 7.80. The third kappa shape index (κ3) is 4.40. The van der Waals surface area contributed by atoms with Gasteiger partial charge in [-0.3, -0.25) is 0 Å². The molecule has 0 aliphatic carbocycles. The summed E-state index contributed by atoms with van der Waals surface area (Å²) in [5, 5.41) is 6.66. The third-order valence-corrected chi connectivity index (χ3v) is 2.72. The minimum Gasteiger partial charge on any atom is -0.457 e. The summed E-state index contributed by atoms with van der Waals surface area (Å²) in [4.78, 5) is 0. The first-order valence-corrected chi connectivity index (χ1v) is 6.67. The Morgan fingerprint density at radius 3 is 2.60 bits per heavy atom. The Labute approximate surface area is 124 Å². The third-order valence-electron chi connectivity index (χ3n) is 2.48. The van der Waals surface area contributed by atoms with Crippen molar-refractivity contribution < 1.29 is 4.74 Å². The fourth-order valence-electron chi connectivity index (χ4n) is 1.60. The van der Waals surface area contributed by atoms with Gasteiger partial charge in [0.15, 0.2) is 5.11 Å². The fourth-order valence-corrected chi connectivity index (χ4v) is 1.80. The van der Waals surface area contributed by atoms with Gasteiger partial charge in [-0.25, -0.2) is 0 Å². The molecule has 0 aromatic heterocycles. The van der Waals surface area contributed by atoms with E-state index in [2.05, 4.69) is 17.2 Å². The lowest BCUT2D eigenvalue weighted by molar-refractivity contribution is 0.483. The smallest absolute Gasteiger partial charge is 0.171 e. The van der Waals surface area contributed by atoms with Crippen molar-refractivity contribution in [1.29, 1.82) is 0 Å². The van der Waals surface area contributed by atoms with Crippen molar-refractivity contribution in [2.45, 2.75) is 0 Å². The van der Waals surface area contributed by atoms with Crippen molar-refractivity contribution in [2.24, 2.45) is 0 Å². The molecule has 2 aromatic carbocycles. The van der Waals surface area contributed by atoms with Crippen LogP contribution in [0.1, 0.15) is 0 Å². The summed E-state index contributed by atoms with van der Waals surface area (Å²) in [6.45, 7) is 4.26. The number of hydrogen-bond donors (Lipinski definition) is 2. The zero-order valence-corrected chi connectivity index (χ0v) is 11.8. The van der Waals surface area contributed by atoms with E-state index < -0.39 is 0 Å². The molecule has 0 unspecified atom stereocenters. The maximum atomic E-state index is 5.76. The van der Waals surface area contributed by atoms with Crippen LogP contribution in [0.3, 0.4) is 0 Å². The molecule has 0 radical (unpaired) electrons. The predicted octanol–water partition coefficient (Wildman–Crippen LogP) is 3.95. The first kappa shape index (κ1) is 14.1. The van der Waals surface area contributed by atoms with Gasteiger partial charge in [0, 0.05) is 18.3 Å². The van der Waals surface area contributed by atoms with Crippen molar-refractivity contribution in [1.82, 2.24) is 5.32 Å². The van der Waals surface area contributed by atoms with Gasteiger partial charge in [-0.1, -0.05) is 30.3 Å². The quantitative estimate of drug-likeness (QED) is 0.643. The highest BCUT2D eigenvalue weighted by Crippen LogP contribution is 2.23. The van der Waals surface area contributed by atoms with Crippen LogP contribution in [0.4, 0.5) is 5.69 Å². The molecule has 4 heteroatoms. The highest BCUT2D eigenvalue weighted by atomic mass is 32.1. The second-order valence-electron chi connectivity index (χ2n) is 4.07. The molecular formula is C16H16N2OS. The topological polar surface area (TPSA) is 33.3 Å². The van der Waals surface area contributed by atoms with E-state index in [9.17, 15) is 0 Å². The van der Waals surface area contributed by atoms with Crippen LogP contribution in [0, 0.1) is 0 Å². The molecular weight excluding hydrogens is 268 g/mol. The van der Waals surface area contributed by atoms with Crippen LogP contribution >= 0.6 is 12.2 Å². The Balaban J connectivity index is 2.01. The number of thiocarbonyl (C=S) groups is 1. The summed E-state index contributed by atoms with van der Waals surface area (Å²) >= 11 is 5.16. The molecule has 0 bridgehead atoms. The molecule has 2 rings (SSSR count). The maximum absolute atomic E-state index is 5.76. The molecule has 0 aliphatic rings. The van der Waals surface area contributed by atoms with Crippen molar-refractivity contribution in [3.63, 3.8) is 0 Å². The summed E-state index contributed by atoms with van der Waals surface area (Å²) in [5.74, 6) is 1.56. The van der Waals surface area contributed by atoms with Crippen LogP contribution in [-0.4, -0.2) is 11.7 Å². The van der Waals surface area contributed by atoms with Gasteiger partial charge in [-0.15, -0.1) is 6.58 Å². The van der Waals surface area contributed by atoms with Gasteiger partial charge in [0.1, 0.15) is 11.5 Å². The van der Waals surface area contributed by atoms with Crippen LogP contribution < -0.4 is 15.4 Å². The SMILES string of the molecule is C=CCNC(=S)Nc1cccc(Oc2ccccc2)c1. The number of rotatable bonds is 5. The molecule has 2 N–H and O–H groups in total. The Bertz CT molecular complexity index is 584. The molecule has 102 valence electrons. The first-order chi connectivity index (χ1) is 9.78. The fraction of sp³-hybridized carbons (Fsp3) is 0.0625. The lowest BCUT2D eigenvalue weighted by Gasteiger charge is -2.11. The summed E-state index contributed by atoms with van der Waals surface area (Å²) in [5.41, 5.74) is 0.875. The lowest BCUT2D eigenvalue weighted by Crippen LogP contribution is -2.28. The normalized spacial score (nSPS) is 9.60. The largest absolute Gasteiger partial charge is 0.457 e. The molecule has 3 nitrogen and oxygen atoms in total. The minimum atomic E-state index is 0.557. The predicted molar refractivity (Wildman–Crippen MR) is 87.4 cm³/mol. The van der Waals surface area contributed by atoms with Gasteiger partial charge in [0.05, 0.1) is 0 Å². The van der Waals surface area contributed by atoms with Gasteiger partial charge in [0.2, 0.25) is 0 Å². The van der Waals surface area contributed by atoms with Gasteiger partial charge < -0.3 is 15.4 Å². The van der Waals surface area contributed by atoms with Crippen molar-refractivity contribution >= 4 is 23.0 Å². The Morgan fingerprint density at radius 1 is 1.10 bits per heavy atom. The van der Waals surface area contributed by atoms with Crippen LogP contribution in [0.15, 0.2) is 67.3 Å². The molecule has 20 heavy (non-hydrogen) atoms. The van der Waals surface area contributed by atoms with Crippen LogP contribution in [-0.2, 0) is 0 Å². The number of anilines is 1. The molecule has 0 aliphatic heterocycles. The van der Waals surface area contributed by atoms with Crippen molar-refractivity contribution in [3.8, 4) is 11.5 Å². The summed E-state index contributed by atoms with van der Waals surface area (Å²) < 4.78 is 5.76. The second kappa shape index (κ2) is 7.31. The zero-order chi connectivity index (χ0) is 14.2. The van der Waals surface area contributed by atoms with Gasteiger partial charge in [0.25, 0.3) is 0 Å². The number of para-hydroxylation sites is 1. The van der Waals surface area contributed by atoms with E-state index in [0.29, 0.717) is 11.7 Å². The van der Waals surface area contributed by atoms with Crippen LogP contribution in [0.2, 0.25) is 0 Å². The molecule has 0 spiro atoms. The average Bonchev–Trinajstić information content (AvgIpc) is 2.46. The maximum Gasteiger partial charge on any atom is 0.171 e. The van der Waals surface area contributed by atoms with E-state index in [1.165, 1.54) is 0 Å². The summed E-state index contributed by atoms with van der Waals surface area (Å²) in [6.07, 6.45) is 1.75.